The molecule has 0 saturated carbocycles. The minimum Gasteiger partial charge on any atom is -0.444 e. The van der Waals surface area contributed by atoms with Gasteiger partial charge in [0, 0.05) is 20.1 Å². The molecule has 1 amide bonds. The molecule has 0 aliphatic rings. The summed E-state index contributed by atoms with van der Waals surface area (Å²) in [6, 6.07) is -0.0898. The average molecular weight is 316 g/mol. The first-order valence-corrected chi connectivity index (χ1v) is 7.76. The predicted octanol–water partition coefficient (Wildman–Crippen LogP) is 2.03. The molecule has 130 valence electrons. The van der Waals surface area contributed by atoms with Crippen molar-refractivity contribution in [3.05, 3.63) is 0 Å². The third kappa shape index (κ3) is 9.00. The Kier molecular flexibility index (Phi) is 9.28. The summed E-state index contributed by atoms with van der Waals surface area (Å²) in [4.78, 5) is 26.2. The van der Waals surface area contributed by atoms with Gasteiger partial charge in [-0.05, 0) is 33.7 Å². The zero-order valence-corrected chi connectivity index (χ0v) is 15.1. The number of carbonyl (C=O) groups is 2. The van der Waals surface area contributed by atoms with Crippen molar-refractivity contribution in [3.63, 3.8) is 0 Å². The van der Waals surface area contributed by atoms with Gasteiger partial charge in [0.2, 0.25) is 0 Å². The molecule has 0 bridgehead atoms. The number of carbonyl (C=O) groups excluding carboxylic acids is 2. The molecule has 0 aromatic heterocycles. The Morgan fingerprint density at radius 1 is 1.14 bits per heavy atom. The summed E-state index contributed by atoms with van der Waals surface area (Å²) in [6.07, 6.45) is 0.620. The van der Waals surface area contributed by atoms with E-state index < -0.39 is 5.60 Å². The molecule has 0 rings (SSSR count). The second kappa shape index (κ2) is 9.79. The van der Waals surface area contributed by atoms with E-state index >= 15 is 0 Å². The van der Waals surface area contributed by atoms with Gasteiger partial charge < -0.3 is 19.2 Å². The van der Waals surface area contributed by atoms with Gasteiger partial charge in [0.25, 0.3) is 0 Å². The molecule has 0 fully saturated rings. The molecular formula is C16H32N2O4. The highest BCUT2D eigenvalue weighted by Crippen LogP contribution is 2.09. The zero-order chi connectivity index (χ0) is 17.3. The van der Waals surface area contributed by atoms with Gasteiger partial charge in [-0.25, -0.2) is 4.79 Å². The molecule has 6 heteroatoms. The Hall–Kier alpha value is -1.14. The second-order valence-corrected chi connectivity index (χ2v) is 6.87. The SMILES string of the molecule is CC(C)C(C=O)N(C)CCOCCN(C)C(=O)OC(C)(C)C. The Morgan fingerprint density at radius 2 is 1.68 bits per heavy atom. The number of amides is 1. The molecule has 0 aliphatic carbocycles. The number of rotatable bonds is 9. The number of aldehydes is 1. The average Bonchev–Trinajstić information content (AvgIpc) is 2.36. The normalized spacial score (nSPS) is 13.3. The summed E-state index contributed by atoms with van der Waals surface area (Å²) >= 11 is 0. The van der Waals surface area contributed by atoms with E-state index in [1.54, 1.807) is 7.05 Å². The number of hydrogen-bond donors (Lipinski definition) is 0. The number of ether oxygens (including phenoxy) is 2. The monoisotopic (exact) mass is 316 g/mol. The van der Waals surface area contributed by atoms with E-state index in [0.717, 1.165) is 6.29 Å². The summed E-state index contributed by atoms with van der Waals surface area (Å²) in [5.41, 5.74) is -0.490. The Balaban J connectivity index is 3.89. The quantitative estimate of drug-likeness (QED) is 0.481. The molecule has 0 spiro atoms. The lowest BCUT2D eigenvalue weighted by molar-refractivity contribution is -0.113. The summed E-state index contributed by atoms with van der Waals surface area (Å²) in [7, 11) is 3.60. The zero-order valence-electron chi connectivity index (χ0n) is 15.1. The van der Waals surface area contributed by atoms with E-state index in [1.807, 2.05) is 46.6 Å². The van der Waals surface area contributed by atoms with Gasteiger partial charge in [0.05, 0.1) is 19.3 Å². The van der Waals surface area contributed by atoms with E-state index in [9.17, 15) is 9.59 Å². The molecule has 22 heavy (non-hydrogen) atoms. The lowest BCUT2D eigenvalue weighted by Gasteiger charge is -2.26. The van der Waals surface area contributed by atoms with Crippen LogP contribution in [0.25, 0.3) is 0 Å². The van der Waals surface area contributed by atoms with Crippen molar-refractivity contribution < 1.29 is 19.1 Å². The molecule has 0 aromatic carbocycles. The van der Waals surface area contributed by atoms with Crippen LogP contribution in [0.1, 0.15) is 34.6 Å². The van der Waals surface area contributed by atoms with Crippen molar-refractivity contribution in [3.8, 4) is 0 Å². The van der Waals surface area contributed by atoms with Crippen LogP contribution in [0.4, 0.5) is 4.79 Å². The second-order valence-electron chi connectivity index (χ2n) is 6.87. The smallest absolute Gasteiger partial charge is 0.410 e. The van der Waals surface area contributed by atoms with E-state index in [4.69, 9.17) is 9.47 Å². The van der Waals surface area contributed by atoms with E-state index in [-0.39, 0.29) is 18.1 Å². The fourth-order valence-electron chi connectivity index (χ4n) is 1.86. The molecule has 6 nitrogen and oxygen atoms in total. The molecular weight excluding hydrogens is 284 g/mol. The summed E-state index contributed by atoms with van der Waals surface area (Å²) in [6.45, 7) is 11.7. The maximum Gasteiger partial charge on any atom is 0.410 e. The van der Waals surface area contributed by atoms with E-state index in [0.29, 0.717) is 26.3 Å². The van der Waals surface area contributed by atoms with E-state index in [1.165, 1.54) is 4.90 Å². The Labute approximate surface area is 134 Å². The van der Waals surface area contributed by atoms with Crippen LogP contribution in [-0.4, -0.2) is 74.2 Å². The van der Waals surface area contributed by atoms with Gasteiger partial charge in [-0.3, -0.25) is 4.90 Å². The molecule has 0 aromatic rings. The van der Waals surface area contributed by atoms with Crippen molar-refractivity contribution in [1.82, 2.24) is 9.80 Å². The van der Waals surface area contributed by atoms with Crippen LogP contribution < -0.4 is 0 Å². The molecule has 0 heterocycles. The third-order valence-corrected chi connectivity index (χ3v) is 3.20. The minimum absolute atomic E-state index is 0.0898. The summed E-state index contributed by atoms with van der Waals surface area (Å²) < 4.78 is 10.8. The van der Waals surface area contributed by atoms with Crippen molar-refractivity contribution in [2.45, 2.75) is 46.3 Å². The van der Waals surface area contributed by atoms with Crippen molar-refractivity contribution >= 4 is 12.4 Å². The van der Waals surface area contributed by atoms with Crippen molar-refractivity contribution in [2.24, 2.45) is 5.92 Å². The van der Waals surface area contributed by atoms with E-state index in [2.05, 4.69) is 0 Å². The predicted molar refractivity (Wildman–Crippen MR) is 87.0 cm³/mol. The molecule has 1 atom stereocenters. The summed E-state index contributed by atoms with van der Waals surface area (Å²) in [5.74, 6) is 0.279. The van der Waals surface area contributed by atoms with Crippen LogP contribution in [0.2, 0.25) is 0 Å². The highest BCUT2D eigenvalue weighted by Gasteiger charge is 2.19. The van der Waals surface area contributed by atoms with Crippen molar-refractivity contribution in [1.29, 1.82) is 0 Å². The standard InChI is InChI=1S/C16H32N2O4/c1-13(2)14(12-19)17(6)8-10-21-11-9-18(7)15(20)22-16(3,4)5/h12-14H,8-11H2,1-7H3. The number of hydrogen-bond acceptors (Lipinski definition) is 5. The first-order chi connectivity index (χ1) is 10.1. The molecule has 0 saturated heterocycles. The first kappa shape index (κ1) is 20.9. The number of nitrogens with zero attached hydrogens (tertiary/aromatic N) is 2. The fraction of sp³-hybridized carbons (Fsp3) is 0.875. The lowest BCUT2D eigenvalue weighted by Crippen LogP contribution is -2.39. The highest BCUT2D eigenvalue weighted by atomic mass is 16.6. The first-order valence-electron chi connectivity index (χ1n) is 7.76. The van der Waals surface area contributed by atoms with Gasteiger partial charge >= 0.3 is 6.09 Å². The molecule has 0 aliphatic heterocycles. The molecule has 0 radical (unpaired) electrons. The molecule has 0 N–H and O–H groups in total. The maximum absolute atomic E-state index is 11.7. The van der Waals surface area contributed by atoms with Gasteiger partial charge in [-0.2, -0.15) is 0 Å². The maximum atomic E-state index is 11.7. The third-order valence-electron chi connectivity index (χ3n) is 3.20. The van der Waals surface area contributed by atoms with Crippen LogP contribution >= 0.6 is 0 Å². The van der Waals surface area contributed by atoms with Gasteiger partial charge in [0.15, 0.2) is 0 Å². The Morgan fingerprint density at radius 3 is 2.14 bits per heavy atom. The largest absolute Gasteiger partial charge is 0.444 e. The van der Waals surface area contributed by atoms with Gasteiger partial charge in [-0.1, -0.05) is 13.8 Å². The Bertz CT molecular complexity index is 340. The van der Waals surface area contributed by atoms with Crippen LogP contribution in [0.3, 0.4) is 0 Å². The summed E-state index contributed by atoms with van der Waals surface area (Å²) in [5, 5.41) is 0. The topological polar surface area (TPSA) is 59.1 Å². The van der Waals surface area contributed by atoms with Crippen LogP contribution in [0.15, 0.2) is 0 Å². The van der Waals surface area contributed by atoms with Gasteiger partial charge in [-0.15, -0.1) is 0 Å². The van der Waals surface area contributed by atoms with Gasteiger partial charge in [0.1, 0.15) is 11.9 Å². The van der Waals surface area contributed by atoms with Crippen LogP contribution in [-0.2, 0) is 14.3 Å². The highest BCUT2D eigenvalue weighted by molar-refractivity contribution is 5.67. The molecule has 1 unspecified atom stereocenters. The number of likely N-dealkylation sites (N-methyl/N-ethyl adjacent to an activating group) is 2. The van der Waals surface area contributed by atoms with Crippen molar-refractivity contribution in [2.75, 3.05) is 40.4 Å². The lowest BCUT2D eigenvalue weighted by atomic mass is 10.1. The minimum atomic E-state index is -0.490. The fourth-order valence-corrected chi connectivity index (χ4v) is 1.86. The van der Waals surface area contributed by atoms with Crippen LogP contribution in [0, 0.1) is 5.92 Å². The van der Waals surface area contributed by atoms with Crippen LogP contribution in [0.5, 0.6) is 0 Å².